The molecule has 4 rings (SSSR count). The number of allylic oxidation sites excluding steroid dienone is 1. The molecule has 2 aromatic rings. The largest absolute Gasteiger partial charge is 0.347 e. The Morgan fingerprint density at radius 1 is 1.28 bits per heavy atom. The lowest BCUT2D eigenvalue weighted by atomic mass is 9.98. The molecule has 1 N–H and O–H groups in total. The normalized spacial score (nSPS) is 21.1. The molecular formula is C23H28N2O5S2. The second-order valence-corrected chi connectivity index (χ2v) is 9.64. The molecule has 1 saturated carbocycles. The molecule has 1 aliphatic carbocycles. The van der Waals surface area contributed by atoms with Crippen LogP contribution in [0.5, 0.6) is 5.75 Å². The lowest BCUT2D eigenvalue weighted by Gasteiger charge is -2.16. The van der Waals surface area contributed by atoms with Crippen LogP contribution in [0.1, 0.15) is 56.9 Å². The minimum absolute atomic E-state index is 0.171. The smallest absolute Gasteiger partial charge is 0.257 e. The van der Waals surface area contributed by atoms with Gasteiger partial charge in [0.15, 0.2) is 16.7 Å². The van der Waals surface area contributed by atoms with Crippen molar-refractivity contribution in [3.8, 4) is 5.75 Å². The highest BCUT2D eigenvalue weighted by Gasteiger charge is 2.35. The fourth-order valence-corrected chi connectivity index (χ4v) is 4.81. The van der Waals surface area contributed by atoms with Gasteiger partial charge < -0.3 is 14.4 Å². The third kappa shape index (κ3) is 5.90. The molecule has 0 bridgehead atoms. The van der Waals surface area contributed by atoms with Crippen molar-refractivity contribution in [1.29, 1.82) is 0 Å². The Bertz CT molecular complexity index is 952. The topological polar surface area (TPSA) is 78.9 Å². The minimum Gasteiger partial charge on any atom is -0.347 e. The highest BCUT2D eigenvalue weighted by Crippen LogP contribution is 2.35. The predicted molar refractivity (Wildman–Crippen MR) is 126 cm³/mol. The summed E-state index contributed by atoms with van der Waals surface area (Å²) in [5.41, 5.74) is 2.25. The van der Waals surface area contributed by atoms with Crippen molar-refractivity contribution in [3.05, 3.63) is 47.0 Å². The Morgan fingerprint density at radius 3 is 2.69 bits per heavy atom. The molecule has 1 aromatic carbocycles. The van der Waals surface area contributed by atoms with E-state index in [4.69, 9.17) is 18.7 Å². The highest BCUT2D eigenvalue weighted by atomic mass is 32.2. The van der Waals surface area contributed by atoms with Gasteiger partial charge in [-0.05, 0) is 50.3 Å². The zero-order chi connectivity index (χ0) is 22.6. The van der Waals surface area contributed by atoms with Crippen LogP contribution in [0.2, 0.25) is 0 Å². The Hall–Kier alpha value is -1.91. The number of anilines is 1. The number of ether oxygens (including phenoxy) is 2. The van der Waals surface area contributed by atoms with Crippen LogP contribution < -0.4 is 10.2 Å². The minimum atomic E-state index is -0.619. The van der Waals surface area contributed by atoms with Gasteiger partial charge >= 0.3 is 0 Å². The van der Waals surface area contributed by atoms with Crippen LogP contribution >= 0.6 is 23.4 Å². The molecule has 2 aliphatic rings. The van der Waals surface area contributed by atoms with E-state index in [1.54, 1.807) is 18.4 Å². The van der Waals surface area contributed by atoms with Crippen LogP contribution in [-0.4, -0.2) is 29.5 Å². The number of hydrogen-bond donors (Lipinski definition) is 1. The predicted octanol–water partition coefficient (Wildman–Crippen LogP) is 5.77. The first kappa shape index (κ1) is 23.3. The van der Waals surface area contributed by atoms with E-state index in [2.05, 4.69) is 16.4 Å². The summed E-state index contributed by atoms with van der Waals surface area (Å²) in [5, 5.41) is 5.42. The molecule has 172 valence electrons. The molecule has 2 fully saturated rings. The van der Waals surface area contributed by atoms with Crippen molar-refractivity contribution in [3.63, 3.8) is 0 Å². The van der Waals surface area contributed by atoms with E-state index in [9.17, 15) is 4.79 Å². The molecule has 1 unspecified atom stereocenters. The van der Waals surface area contributed by atoms with Gasteiger partial charge in [-0.2, -0.15) is 0 Å². The number of carbonyl (C=O) groups excluding carboxylic acids is 1. The van der Waals surface area contributed by atoms with Crippen LogP contribution in [-0.2, 0) is 18.6 Å². The average Bonchev–Trinajstić information content (AvgIpc) is 3.52. The number of hydrogen-bond acceptors (Lipinski definition) is 8. The maximum atomic E-state index is 13.3. The van der Waals surface area contributed by atoms with Gasteiger partial charge in [-0.15, -0.1) is 15.7 Å². The first-order valence-electron chi connectivity index (χ1n) is 10.7. The second kappa shape index (κ2) is 10.4. The van der Waals surface area contributed by atoms with E-state index in [0.717, 1.165) is 36.1 Å². The summed E-state index contributed by atoms with van der Waals surface area (Å²) in [6, 6.07) is 7.33. The summed E-state index contributed by atoms with van der Waals surface area (Å²) in [4.78, 5) is 23.0. The summed E-state index contributed by atoms with van der Waals surface area (Å²) in [7, 11) is 0. The van der Waals surface area contributed by atoms with Gasteiger partial charge in [-0.25, -0.2) is 4.98 Å². The first-order valence-corrected chi connectivity index (χ1v) is 12.7. The van der Waals surface area contributed by atoms with Gasteiger partial charge in [0.05, 0.1) is 12.3 Å². The molecule has 2 heterocycles. The highest BCUT2D eigenvalue weighted by molar-refractivity contribution is 7.93. The van der Waals surface area contributed by atoms with Gasteiger partial charge in [0.1, 0.15) is 6.10 Å². The van der Waals surface area contributed by atoms with E-state index in [1.165, 1.54) is 24.2 Å². The maximum Gasteiger partial charge on any atom is 0.257 e. The van der Waals surface area contributed by atoms with E-state index >= 15 is 0 Å². The van der Waals surface area contributed by atoms with Crippen molar-refractivity contribution in [2.24, 2.45) is 5.92 Å². The van der Waals surface area contributed by atoms with Crippen molar-refractivity contribution in [2.75, 3.05) is 18.2 Å². The van der Waals surface area contributed by atoms with Crippen LogP contribution in [0.15, 0.2) is 35.7 Å². The van der Waals surface area contributed by atoms with Crippen molar-refractivity contribution in [2.45, 2.75) is 51.4 Å². The van der Waals surface area contributed by atoms with E-state index < -0.39 is 5.79 Å². The summed E-state index contributed by atoms with van der Waals surface area (Å²) >= 11 is 2.51. The quantitative estimate of drug-likeness (QED) is 0.224. The fraction of sp³-hybridized carbons (Fsp3) is 0.478. The Morgan fingerprint density at radius 2 is 2.03 bits per heavy atom. The zero-order valence-corrected chi connectivity index (χ0v) is 20.1. The van der Waals surface area contributed by atoms with Gasteiger partial charge in [-0.1, -0.05) is 31.1 Å². The standard InChI is InChI=1S/C23H28N2O5S2/c1-23(2)27-13-20(28-23)19-14-32-22(24-19)25-21(26)18(12-15-6-4-5-7-15)16-8-10-17(11-9-16)29-30-31-3/h8-12,14-15,20H,4-7,13H2,1-3H3,(H,24,25,26)/b18-12+. The summed E-state index contributed by atoms with van der Waals surface area (Å²) in [5.74, 6) is 0.196. The average molecular weight is 477 g/mol. The molecule has 1 aliphatic heterocycles. The molecule has 9 heteroatoms. The zero-order valence-electron chi connectivity index (χ0n) is 18.5. The molecule has 0 spiro atoms. The van der Waals surface area contributed by atoms with Gasteiger partial charge in [0.2, 0.25) is 0 Å². The van der Waals surface area contributed by atoms with Crippen LogP contribution in [0.3, 0.4) is 0 Å². The van der Waals surface area contributed by atoms with Crippen molar-refractivity contribution in [1.82, 2.24) is 4.98 Å². The number of nitrogens with one attached hydrogen (secondary N) is 1. The van der Waals surface area contributed by atoms with E-state index in [0.29, 0.717) is 29.0 Å². The van der Waals surface area contributed by atoms with Gasteiger partial charge in [-0.3, -0.25) is 10.1 Å². The first-order chi connectivity index (χ1) is 15.4. The maximum absolute atomic E-state index is 13.3. The number of nitrogens with zero attached hydrogens (tertiary/aromatic N) is 1. The summed E-state index contributed by atoms with van der Waals surface area (Å²) in [6.45, 7) is 4.21. The summed E-state index contributed by atoms with van der Waals surface area (Å²) in [6.07, 6.45) is 8.26. The monoisotopic (exact) mass is 476 g/mol. The number of benzene rings is 1. The third-order valence-electron chi connectivity index (χ3n) is 5.49. The Kier molecular flexibility index (Phi) is 7.52. The molecule has 0 radical (unpaired) electrons. The molecular weight excluding hydrogens is 448 g/mol. The number of carbonyl (C=O) groups is 1. The number of thiazole rings is 1. The molecule has 1 amide bonds. The lowest BCUT2D eigenvalue weighted by Crippen LogP contribution is -2.19. The van der Waals surface area contributed by atoms with Crippen molar-refractivity contribution >= 4 is 40.0 Å². The molecule has 32 heavy (non-hydrogen) atoms. The lowest BCUT2D eigenvalue weighted by molar-refractivity contribution is -0.139. The van der Waals surface area contributed by atoms with Crippen LogP contribution in [0.25, 0.3) is 5.57 Å². The molecule has 1 atom stereocenters. The number of aromatic nitrogens is 1. The summed E-state index contributed by atoms with van der Waals surface area (Å²) < 4.78 is 16.4. The fourth-order valence-electron chi connectivity index (χ4n) is 3.91. The molecule has 1 aromatic heterocycles. The van der Waals surface area contributed by atoms with Crippen molar-refractivity contribution < 1.29 is 23.5 Å². The SMILES string of the molecule is CSOOc1ccc(/C(=C\C2CCCC2)C(=O)Nc2nc(C3COC(C)(C)O3)cs2)cc1. The van der Waals surface area contributed by atoms with E-state index in [-0.39, 0.29) is 12.0 Å². The molecule has 1 saturated heterocycles. The third-order valence-corrected chi connectivity index (χ3v) is 6.47. The van der Waals surface area contributed by atoms with E-state index in [1.807, 2.05) is 31.4 Å². The second-order valence-electron chi connectivity index (χ2n) is 8.32. The number of amides is 1. The van der Waals surface area contributed by atoms with Crippen LogP contribution in [0.4, 0.5) is 5.13 Å². The Balaban J connectivity index is 1.49. The number of rotatable bonds is 8. The van der Waals surface area contributed by atoms with Gasteiger partial charge in [0, 0.05) is 29.3 Å². The molecule has 7 nitrogen and oxygen atoms in total. The van der Waals surface area contributed by atoms with Crippen LogP contribution in [0, 0.1) is 5.92 Å². The van der Waals surface area contributed by atoms with Gasteiger partial charge in [0.25, 0.3) is 5.91 Å². The Labute approximate surface area is 196 Å².